The van der Waals surface area contributed by atoms with Gasteiger partial charge in [-0.25, -0.2) is 0 Å². The van der Waals surface area contributed by atoms with E-state index in [4.69, 9.17) is 10.00 Å². The summed E-state index contributed by atoms with van der Waals surface area (Å²) in [5.41, 5.74) is 0.499. The molecule has 1 aromatic carbocycles. The fourth-order valence-electron chi connectivity index (χ4n) is 2.15. The van der Waals surface area contributed by atoms with Crippen LogP contribution in [0.15, 0.2) is 24.3 Å². The Hall–Kier alpha value is -1.57. The largest absolute Gasteiger partial charge is 0.489 e. The Bertz CT molecular complexity index is 423. The standard InChI is InChI=1S/C16H24N2O2/c1-3-9-18(10-4-2)12-15(19)13-20-16-8-6-5-7-14(16)11-17/h5-8,15,19H,3-4,9-10,12-13H2,1-2H3. The molecule has 0 aliphatic carbocycles. The highest BCUT2D eigenvalue weighted by molar-refractivity contribution is 5.42. The number of para-hydroxylation sites is 1. The SMILES string of the molecule is CCCN(CCC)CC(O)COc1ccccc1C#N. The molecule has 4 nitrogen and oxygen atoms in total. The Kier molecular flexibility index (Phi) is 7.71. The van der Waals surface area contributed by atoms with Crippen molar-refractivity contribution in [1.29, 1.82) is 5.26 Å². The predicted molar refractivity (Wildman–Crippen MR) is 79.7 cm³/mol. The molecule has 0 bridgehead atoms. The minimum atomic E-state index is -0.542. The van der Waals surface area contributed by atoms with Crippen molar-refractivity contribution in [2.24, 2.45) is 0 Å². The van der Waals surface area contributed by atoms with Crippen molar-refractivity contribution >= 4 is 0 Å². The Labute approximate surface area is 121 Å². The number of nitrogens with zero attached hydrogens (tertiary/aromatic N) is 2. The van der Waals surface area contributed by atoms with Crippen LogP contribution in [0.25, 0.3) is 0 Å². The second-order valence-corrected chi connectivity index (χ2v) is 4.87. The van der Waals surface area contributed by atoms with Crippen molar-refractivity contribution < 1.29 is 9.84 Å². The van der Waals surface area contributed by atoms with E-state index in [0.29, 0.717) is 17.9 Å². The zero-order chi connectivity index (χ0) is 14.8. The molecule has 0 heterocycles. The van der Waals surface area contributed by atoms with E-state index in [2.05, 4.69) is 24.8 Å². The summed E-state index contributed by atoms with van der Waals surface area (Å²) < 4.78 is 5.55. The summed E-state index contributed by atoms with van der Waals surface area (Å²) in [6.45, 7) is 7.06. The Balaban J connectivity index is 2.46. The maximum Gasteiger partial charge on any atom is 0.137 e. The molecule has 0 fully saturated rings. The maximum atomic E-state index is 10.0. The fourth-order valence-corrected chi connectivity index (χ4v) is 2.15. The second kappa shape index (κ2) is 9.35. The number of benzene rings is 1. The summed E-state index contributed by atoms with van der Waals surface area (Å²) in [6.07, 6.45) is 1.61. The molecule has 0 amide bonds. The van der Waals surface area contributed by atoms with Gasteiger partial charge in [0.25, 0.3) is 0 Å². The molecule has 0 radical (unpaired) electrons. The molecule has 1 aromatic rings. The van der Waals surface area contributed by atoms with Crippen molar-refractivity contribution in [1.82, 2.24) is 4.90 Å². The normalized spacial score (nSPS) is 12.2. The van der Waals surface area contributed by atoms with Gasteiger partial charge in [0, 0.05) is 6.54 Å². The van der Waals surface area contributed by atoms with Crippen LogP contribution < -0.4 is 4.74 Å². The summed E-state index contributed by atoms with van der Waals surface area (Å²) in [6, 6.07) is 9.17. The molecule has 1 unspecified atom stereocenters. The maximum absolute atomic E-state index is 10.0. The molecular weight excluding hydrogens is 252 g/mol. The van der Waals surface area contributed by atoms with Crippen molar-refractivity contribution in [3.8, 4) is 11.8 Å². The first kappa shape index (κ1) is 16.5. The van der Waals surface area contributed by atoms with E-state index in [1.165, 1.54) is 0 Å². The third-order valence-electron chi connectivity index (χ3n) is 2.99. The van der Waals surface area contributed by atoms with Crippen LogP contribution in [-0.4, -0.2) is 42.4 Å². The van der Waals surface area contributed by atoms with Crippen LogP contribution in [0.5, 0.6) is 5.75 Å². The second-order valence-electron chi connectivity index (χ2n) is 4.87. The third-order valence-corrected chi connectivity index (χ3v) is 2.99. The lowest BCUT2D eigenvalue weighted by Gasteiger charge is -2.24. The number of hydrogen-bond acceptors (Lipinski definition) is 4. The first-order chi connectivity index (χ1) is 9.71. The van der Waals surface area contributed by atoms with Crippen LogP contribution >= 0.6 is 0 Å². The van der Waals surface area contributed by atoms with Gasteiger partial charge >= 0.3 is 0 Å². The molecule has 0 spiro atoms. The predicted octanol–water partition coefficient (Wildman–Crippen LogP) is 2.42. The highest BCUT2D eigenvalue weighted by atomic mass is 16.5. The third kappa shape index (κ3) is 5.60. The van der Waals surface area contributed by atoms with Crippen molar-refractivity contribution in [3.63, 3.8) is 0 Å². The highest BCUT2D eigenvalue weighted by Gasteiger charge is 2.12. The number of rotatable bonds is 9. The van der Waals surface area contributed by atoms with E-state index >= 15 is 0 Å². The topological polar surface area (TPSA) is 56.5 Å². The minimum absolute atomic E-state index is 0.211. The quantitative estimate of drug-likeness (QED) is 0.752. The Morgan fingerprint density at radius 3 is 2.50 bits per heavy atom. The van der Waals surface area contributed by atoms with Crippen LogP contribution in [0.1, 0.15) is 32.3 Å². The number of aliphatic hydroxyl groups excluding tert-OH is 1. The van der Waals surface area contributed by atoms with Crippen molar-refractivity contribution in [2.75, 3.05) is 26.2 Å². The van der Waals surface area contributed by atoms with E-state index in [1.807, 2.05) is 6.07 Å². The molecule has 110 valence electrons. The number of ether oxygens (including phenoxy) is 1. The molecule has 0 saturated heterocycles. The molecule has 4 heteroatoms. The first-order valence-corrected chi connectivity index (χ1v) is 7.23. The first-order valence-electron chi connectivity index (χ1n) is 7.23. The van der Waals surface area contributed by atoms with Crippen molar-refractivity contribution in [3.05, 3.63) is 29.8 Å². The monoisotopic (exact) mass is 276 g/mol. The number of aliphatic hydroxyl groups is 1. The van der Waals surface area contributed by atoms with Gasteiger partial charge in [0.15, 0.2) is 0 Å². The molecule has 0 saturated carbocycles. The van der Waals surface area contributed by atoms with Gasteiger partial charge in [0.2, 0.25) is 0 Å². The number of nitriles is 1. The lowest BCUT2D eigenvalue weighted by atomic mass is 10.2. The molecule has 1 rings (SSSR count). The summed E-state index contributed by atoms with van der Waals surface area (Å²) in [5, 5.41) is 19.0. The van der Waals surface area contributed by atoms with Gasteiger partial charge in [-0.15, -0.1) is 0 Å². The molecule has 0 aromatic heterocycles. The van der Waals surface area contributed by atoms with Gasteiger partial charge in [-0.3, -0.25) is 0 Å². The minimum Gasteiger partial charge on any atom is -0.489 e. The molecule has 0 aliphatic rings. The lowest BCUT2D eigenvalue weighted by molar-refractivity contribution is 0.0680. The van der Waals surface area contributed by atoms with E-state index in [9.17, 15) is 5.11 Å². The van der Waals surface area contributed by atoms with Crippen LogP contribution in [0.4, 0.5) is 0 Å². The smallest absolute Gasteiger partial charge is 0.137 e. The van der Waals surface area contributed by atoms with E-state index in [0.717, 1.165) is 25.9 Å². The summed E-state index contributed by atoms with van der Waals surface area (Å²) in [4.78, 5) is 2.24. The number of hydrogen-bond donors (Lipinski definition) is 1. The van der Waals surface area contributed by atoms with E-state index in [-0.39, 0.29) is 6.61 Å². The van der Waals surface area contributed by atoms with Crippen LogP contribution in [0.3, 0.4) is 0 Å². The van der Waals surface area contributed by atoms with Gasteiger partial charge in [-0.2, -0.15) is 5.26 Å². The molecule has 20 heavy (non-hydrogen) atoms. The van der Waals surface area contributed by atoms with Crippen molar-refractivity contribution in [2.45, 2.75) is 32.8 Å². The molecular formula is C16H24N2O2. The van der Waals surface area contributed by atoms with Crippen LogP contribution in [0.2, 0.25) is 0 Å². The average Bonchev–Trinajstić information content (AvgIpc) is 2.46. The summed E-state index contributed by atoms with van der Waals surface area (Å²) >= 11 is 0. The molecule has 1 N–H and O–H groups in total. The van der Waals surface area contributed by atoms with Gasteiger partial charge in [-0.05, 0) is 38.1 Å². The zero-order valence-corrected chi connectivity index (χ0v) is 12.4. The van der Waals surface area contributed by atoms with Gasteiger partial charge < -0.3 is 14.7 Å². The summed E-state index contributed by atoms with van der Waals surface area (Å²) in [7, 11) is 0. The van der Waals surface area contributed by atoms with Gasteiger partial charge in [-0.1, -0.05) is 26.0 Å². The summed E-state index contributed by atoms with van der Waals surface area (Å²) in [5.74, 6) is 0.534. The van der Waals surface area contributed by atoms with Crippen LogP contribution in [-0.2, 0) is 0 Å². The fraction of sp³-hybridized carbons (Fsp3) is 0.562. The highest BCUT2D eigenvalue weighted by Crippen LogP contribution is 2.16. The lowest BCUT2D eigenvalue weighted by Crippen LogP contribution is -2.36. The van der Waals surface area contributed by atoms with Crippen LogP contribution in [0, 0.1) is 11.3 Å². The zero-order valence-electron chi connectivity index (χ0n) is 12.4. The van der Waals surface area contributed by atoms with E-state index in [1.54, 1.807) is 18.2 Å². The Morgan fingerprint density at radius 2 is 1.90 bits per heavy atom. The molecule has 0 aliphatic heterocycles. The van der Waals surface area contributed by atoms with Gasteiger partial charge in [0.1, 0.15) is 24.5 Å². The average molecular weight is 276 g/mol. The Morgan fingerprint density at radius 1 is 1.25 bits per heavy atom. The van der Waals surface area contributed by atoms with E-state index < -0.39 is 6.10 Å². The molecule has 1 atom stereocenters. The van der Waals surface area contributed by atoms with Gasteiger partial charge in [0.05, 0.1) is 5.56 Å².